The molecule has 0 amide bonds. The first kappa shape index (κ1) is 14.7. The first-order valence-electron chi connectivity index (χ1n) is 7.48. The molecule has 1 aromatic carbocycles. The summed E-state index contributed by atoms with van der Waals surface area (Å²) < 4.78 is 0. The van der Waals surface area contributed by atoms with Crippen LogP contribution >= 0.6 is 0 Å². The van der Waals surface area contributed by atoms with Crippen molar-refractivity contribution >= 4 is 10.9 Å². The molecule has 2 nitrogen and oxygen atoms in total. The molecule has 0 fully saturated rings. The highest BCUT2D eigenvalue weighted by molar-refractivity contribution is 5.82. The summed E-state index contributed by atoms with van der Waals surface area (Å²) in [6, 6.07) is 10.9. The molecule has 0 saturated heterocycles. The van der Waals surface area contributed by atoms with Gasteiger partial charge in [0.05, 0.1) is 5.52 Å². The van der Waals surface area contributed by atoms with Gasteiger partial charge in [-0.3, -0.25) is 4.98 Å². The number of fused-ring (bicyclic) bond motifs is 1. The van der Waals surface area contributed by atoms with Gasteiger partial charge < -0.3 is 5.32 Å². The van der Waals surface area contributed by atoms with Crippen molar-refractivity contribution in [1.82, 2.24) is 10.3 Å². The first-order chi connectivity index (χ1) is 9.86. The average molecular weight is 268 g/mol. The van der Waals surface area contributed by atoms with Crippen molar-refractivity contribution < 1.29 is 0 Å². The summed E-state index contributed by atoms with van der Waals surface area (Å²) in [6.45, 7) is 3.77. The van der Waals surface area contributed by atoms with Crippen LogP contribution in [0.5, 0.6) is 0 Å². The third-order valence-electron chi connectivity index (χ3n) is 3.81. The van der Waals surface area contributed by atoms with Gasteiger partial charge in [-0.15, -0.1) is 6.58 Å². The number of benzene rings is 1. The molecule has 1 atom stereocenters. The Morgan fingerprint density at radius 1 is 1.20 bits per heavy atom. The zero-order valence-corrected chi connectivity index (χ0v) is 12.3. The summed E-state index contributed by atoms with van der Waals surface area (Å²) in [5, 5.41) is 4.72. The molecule has 0 aliphatic carbocycles. The van der Waals surface area contributed by atoms with E-state index < -0.39 is 0 Å². The van der Waals surface area contributed by atoms with E-state index in [0.717, 1.165) is 11.9 Å². The number of hydrogen-bond acceptors (Lipinski definition) is 2. The number of nitrogens with one attached hydrogen (secondary N) is 1. The predicted molar refractivity (Wildman–Crippen MR) is 86.8 cm³/mol. The molecule has 2 aromatic rings. The highest BCUT2D eigenvalue weighted by Gasteiger charge is 2.12. The molecular weight excluding hydrogens is 244 g/mol. The van der Waals surface area contributed by atoms with Crippen LogP contribution < -0.4 is 5.32 Å². The summed E-state index contributed by atoms with van der Waals surface area (Å²) in [7, 11) is 2.05. The number of pyridine rings is 1. The molecule has 2 rings (SSSR count). The Kier molecular flexibility index (Phi) is 5.75. The summed E-state index contributed by atoms with van der Waals surface area (Å²) in [5.41, 5.74) is 2.44. The Morgan fingerprint density at radius 3 is 2.85 bits per heavy atom. The van der Waals surface area contributed by atoms with Gasteiger partial charge in [-0.25, -0.2) is 0 Å². The quantitative estimate of drug-likeness (QED) is 0.557. The third kappa shape index (κ3) is 3.67. The molecule has 106 valence electrons. The van der Waals surface area contributed by atoms with Crippen molar-refractivity contribution in [2.45, 2.75) is 38.1 Å². The van der Waals surface area contributed by atoms with E-state index in [1.165, 1.54) is 36.6 Å². The second-order valence-corrected chi connectivity index (χ2v) is 5.19. The Labute approximate surface area is 121 Å². The second-order valence-electron chi connectivity index (χ2n) is 5.19. The van der Waals surface area contributed by atoms with Crippen LogP contribution in [0.4, 0.5) is 0 Å². The minimum atomic E-state index is 0.409. The van der Waals surface area contributed by atoms with Gasteiger partial charge in [0, 0.05) is 17.6 Å². The van der Waals surface area contributed by atoms with Gasteiger partial charge >= 0.3 is 0 Å². The van der Waals surface area contributed by atoms with Gasteiger partial charge in [-0.05, 0) is 44.0 Å². The molecule has 0 bridgehead atoms. The van der Waals surface area contributed by atoms with Crippen molar-refractivity contribution in [3.8, 4) is 0 Å². The van der Waals surface area contributed by atoms with E-state index in [1.54, 1.807) is 0 Å². The van der Waals surface area contributed by atoms with E-state index in [0.29, 0.717) is 6.04 Å². The van der Waals surface area contributed by atoms with E-state index in [4.69, 9.17) is 0 Å². The van der Waals surface area contributed by atoms with E-state index >= 15 is 0 Å². The normalized spacial score (nSPS) is 12.4. The molecule has 2 heteroatoms. The average Bonchev–Trinajstić information content (AvgIpc) is 2.51. The molecule has 1 aromatic heterocycles. The topological polar surface area (TPSA) is 24.9 Å². The Hall–Kier alpha value is -1.67. The number of rotatable bonds is 8. The molecule has 1 heterocycles. The lowest BCUT2D eigenvalue weighted by atomic mass is 9.97. The zero-order valence-electron chi connectivity index (χ0n) is 12.3. The maximum atomic E-state index is 4.44. The number of nitrogens with zero attached hydrogens (tertiary/aromatic N) is 1. The molecular formula is C18H24N2. The third-order valence-corrected chi connectivity index (χ3v) is 3.81. The van der Waals surface area contributed by atoms with Gasteiger partial charge in [0.1, 0.15) is 0 Å². The van der Waals surface area contributed by atoms with E-state index in [9.17, 15) is 0 Å². The predicted octanol–water partition coefficient (Wildman–Crippen LogP) is 4.63. The number of para-hydroxylation sites is 1. The van der Waals surface area contributed by atoms with E-state index in [1.807, 2.05) is 25.4 Å². The summed E-state index contributed by atoms with van der Waals surface area (Å²) >= 11 is 0. The van der Waals surface area contributed by atoms with Gasteiger partial charge in [-0.1, -0.05) is 37.1 Å². The smallest absolute Gasteiger partial charge is 0.0705 e. The van der Waals surface area contributed by atoms with Crippen molar-refractivity contribution in [1.29, 1.82) is 0 Å². The van der Waals surface area contributed by atoms with Crippen molar-refractivity contribution in [2.75, 3.05) is 7.05 Å². The van der Waals surface area contributed by atoms with E-state index in [-0.39, 0.29) is 0 Å². The number of hydrogen-bond donors (Lipinski definition) is 1. The second kappa shape index (κ2) is 7.81. The number of allylic oxidation sites excluding steroid dienone is 1. The van der Waals surface area contributed by atoms with Crippen LogP contribution in [-0.4, -0.2) is 12.0 Å². The van der Waals surface area contributed by atoms with Crippen molar-refractivity contribution in [3.63, 3.8) is 0 Å². The highest BCUT2D eigenvalue weighted by Crippen LogP contribution is 2.26. The molecule has 0 aliphatic rings. The van der Waals surface area contributed by atoms with E-state index in [2.05, 4.69) is 41.1 Å². The molecule has 1 N–H and O–H groups in total. The van der Waals surface area contributed by atoms with Gasteiger partial charge in [0.15, 0.2) is 0 Å². The SMILES string of the molecule is C=CCCCCCC(NC)c1ccnc2ccccc12. The molecule has 0 saturated carbocycles. The largest absolute Gasteiger partial charge is 0.313 e. The Morgan fingerprint density at radius 2 is 2.05 bits per heavy atom. The standard InChI is InChI=1S/C18H24N2/c1-3-4-5-6-7-11-17(19-2)16-13-14-20-18-12-9-8-10-15(16)18/h3,8-10,12-14,17,19H,1,4-7,11H2,2H3. The number of aromatic nitrogens is 1. The monoisotopic (exact) mass is 268 g/mol. The fourth-order valence-corrected chi connectivity index (χ4v) is 2.69. The van der Waals surface area contributed by atoms with Crippen LogP contribution in [0.3, 0.4) is 0 Å². The van der Waals surface area contributed by atoms with Crippen LogP contribution in [0.15, 0.2) is 49.2 Å². The molecule has 0 radical (unpaired) electrons. The van der Waals surface area contributed by atoms with Gasteiger partial charge in [0.25, 0.3) is 0 Å². The lowest BCUT2D eigenvalue weighted by molar-refractivity contribution is 0.510. The summed E-state index contributed by atoms with van der Waals surface area (Å²) in [6.07, 6.45) is 9.98. The highest BCUT2D eigenvalue weighted by atomic mass is 14.9. The minimum Gasteiger partial charge on any atom is -0.313 e. The first-order valence-corrected chi connectivity index (χ1v) is 7.48. The lowest BCUT2D eigenvalue weighted by Gasteiger charge is -2.18. The Bertz CT molecular complexity index is 543. The van der Waals surface area contributed by atoms with Crippen molar-refractivity contribution in [2.24, 2.45) is 0 Å². The summed E-state index contributed by atoms with van der Waals surface area (Å²) in [5.74, 6) is 0. The van der Waals surface area contributed by atoms with Gasteiger partial charge in [-0.2, -0.15) is 0 Å². The molecule has 1 unspecified atom stereocenters. The maximum absolute atomic E-state index is 4.44. The lowest BCUT2D eigenvalue weighted by Crippen LogP contribution is -2.16. The van der Waals surface area contributed by atoms with Crippen LogP contribution in [0, 0.1) is 0 Å². The van der Waals surface area contributed by atoms with Gasteiger partial charge in [0.2, 0.25) is 0 Å². The van der Waals surface area contributed by atoms with Crippen LogP contribution in [0.1, 0.15) is 43.7 Å². The van der Waals surface area contributed by atoms with Crippen LogP contribution in [0.25, 0.3) is 10.9 Å². The fraction of sp³-hybridized carbons (Fsp3) is 0.389. The fourth-order valence-electron chi connectivity index (χ4n) is 2.69. The zero-order chi connectivity index (χ0) is 14.2. The molecule has 0 aliphatic heterocycles. The number of unbranched alkanes of at least 4 members (excludes halogenated alkanes) is 3. The van der Waals surface area contributed by atoms with Crippen LogP contribution in [0.2, 0.25) is 0 Å². The van der Waals surface area contributed by atoms with Crippen molar-refractivity contribution in [3.05, 3.63) is 54.7 Å². The Balaban J connectivity index is 2.07. The minimum absolute atomic E-state index is 0.409. The maximum Gasteiger partial charge on any atom is 0.0705 e. The summed E-state index contributed by atoms with van der Waals surface area (Å²) in [4.78, 5) is 4.44. The molecule has 0 spiro atoms. The molecule has 20 heavy (non-hydrogen) atoms. The van der Waals surface area contributed by atoms with Crippen LogP contribution in [-0.2, 0) is 0 Å².